The van der Waals surface area contributed by atoms with Crippen molar-refractivity contribution in [2.45, 2.75) is 309 Å². The first kappa shape index (κ1) is 91.4. The van der Waals surface area contributed by atoms with E-state index in [-0.39, 0.29) is 38.6 Å². The zero-order valence-corrected chi connectivity index (χ0v) is 62.6. The Morgan fingerprint density at radius 2 is 0.557 bits per heavy atom. The second-order valence-electron chi connectivity index (χ2n) is 26.5. The molecule has 0 saturated carbocycles. The predicted octanol–water partition coefficient (Wildman–Crippen LogP) is 23.8. The summed E-state index contributed by atoms with van der Waals surface area (Å²) in [6.07, 6.45) is 113. The van der Waals surface area contributed by atoms with E-state index >= 15 is 0 Å². The van der Waals surface area contributed by atoms with Crippen molar-refractivity contribution in [3.8, 4) is 0 Å². The monoisotopic (exact) mass is 1340 g/mol. The van der Waals surface area contributed by atoms with Crippen molar-refractivity contribution in [2.75, 3.05) is 47.5 Å². The van der Waals surface area contributed by atoms with Crippen molar-refractivity contribution >= 4 is 17.9 Å². The second kappa shape index (κ2) is 76.1. The average Bonchev–Trinajstić information content (AvgIpc) is 2.39. The van der Waals surface area contributed by atoms with Crippen molar-refractivity contribution in [3.63, 3.8) is 0 Å². The standard InChI is InChI=1S/C88H143NO8/c1-6-8-10-12-14-16-18-20-22-24-26-28-30-32-34-36-38-39-40-41-42-43-44-45-46-47-49-50-52-54-56-58-60-62-64-66-68-70-72-74-76-78-85(90)95-82-84(83-96-88(87(92)93)94-81-80-89(3,4)5)97-86(91)79-77-75-73-71-69-67-65-63-61-59-57-55-53-51-48-37-35-33-31-29-27-25-23-21-19-17-15-13-11-9-7-2/h8-11,14-17,20-23,26-29,32-35,38-39,48,51,55,57,61,63,67,69,84,88H,6-7,12-13,18-19,24-25,30-31,36-37,40-47,49-50,52-54,56,58-60,62,64-66,68,70-83H2,1-5H3/b10-8-,11-9-,16-14-,17-15-,22-20-,23-21-,28-26-,29-27-,34-32-,35-33-,39-38-,51-48-,57-55-,63-61-,69-67-. The zero-order chi connectivity index (χ0) is 70.4. The molecule has 0 aromatic rings. The fraction of sp³-hybridized carbons (Fsp3) is 0.625. The summed E-state index contributed by atoms with van der Waals surface area (Å²) < 4.78 is 22.8. The molecule has 0 saturated heterocycles. The molecule has 0 aliphatic heterocycles. The highest BCUT2D eigenvalue weighted by atomic mass is 16.7. The van der Waals surface area contributed by atoms with Crippen LogP contribution in [-0.2, 0) is 33.3 Å². The Bertz CT molecular complexity index is 2260. The third-order valence-corrected chi connectivity index (χ3v) is 16.1. The lowest BCUT2D eigenvalue weighted by atomic mass is 10.0. The summed E-state index contributed by atoms with van der Waals surface area (Å²) in [4.78, 5) is 37.6. The first-order valence-corrected chi connectivity index (χ1v) is 38.9. The summed E-state index contributed by atoms with van der Waals surface area (Å²) >= 11 is 0. The molecule has 0 fully saturated rings. The largest absolute Gasteiger partial charge is 0.545 e. The van der Waals surface area contributed by atoms with Gasteiger partial charge in [-0.15, -0.1) is 0 Å². The van der Waals surface area contributed by atoms with Crippen LogP contribution in [0.5, 0.6) is 0 Å². The number of carboxylic acids is 1. The van der Waals surface area contributed by atoms with Crippen LogP contribution in [0.4, 0.5) is 0 Å². The van der Waals surface area contributed by atoms with Gasteiger partial charge in [-0.2, -0.15) is 0 Å². The van der Waals surface area contributed by atoms with Crippen LogP contribution < -0.4 is 5.11 Å². The molecule has 0 rings (SSSR count). The number of carbonyl (C=O) groups is 3. The highest BCUT2D eigenvalue weighted by molar-refractivity contribution is 5.70. The number of allylic oxidation sites excluding steroid dienone is 30. The summed E-state index contributed by atoms with van der Waals surface area (Å²) in [6.45, 7) is 4.48. The van der Waals surface area contributed by atoms with Gasteiger partial charge in [0.2, 0.25) is 0 Å². The van der Waals surface area contributed by atoms with E-state index in [0.29, 0.717) is 17.4 Å². The Morgan fingerprint density at radius 3 is 0.835 bits per heavy atom. The van der Waals surface area contributed by atoms with Gasteiger partial charge in [-0.25, -0.2) is 0 Å². The van der Waals surface area contributed by atoms with Gasteiger partial charge in [0.05, 0.1) is 40.3 Å². The summed E-state index contributed by atoms with van der Waals surface area (Å²) in [5.74, 6) is -2.33. The summed E-state index contributed by atoms with van der Waals surface area (Å²) in [7, 11) is 5.91. The van der Waals surface area contributed by atoms with Gasteiger partial charge in [0.15, 0.2) is 12.4 Å². The second-order valence-corrected chi connectivity index (χ2v) is 26.5. The van der Waals surface area contributed by atoms with Crippen LogP contribution in [0.25, 0.3) is 0 Å². The van der Waals surface area contributed by atoms with E-state index in [1.54, 1.807) is 0 Å². The Morgan fingerprint density at radius 1 is 0.309 bits per heavy atom. The Kier molecular flexibility index (Phi) is 71.7. The van der Waals surface area contributed by atoms with Gasteiger partial charge in [-0.05, 0) is 135 Å². The highest BCUT2D eigenvalue weighted by Gasteiger charge is 2.22. The molecule has 9 nitrogen and oxygen atoms in total. The molecule has 0 aliphatic carbocycles. The first-order valence-electron chi connectivity index (χ1n) is 38.9. The zero-order valence-electron chi connectivity index (χ0n) is 62.6. The number of quaternary nitrogens is 1. The maximum absolute atomic E-state index is 12.9. The van der Waals surface area contributed by atoms with Crippen molar-refractivity contribution in [1.29, 1.82) is 0 Å². The molecule has 97 heavy (non-hydrogen) atoms. The molecule has 9 heteroatoms. The maximum atomic E-state index is 12.9. The van der Waals surface area contributed by atoms with Gasteiger partial charge < -0.3 is 33.3 Å². The SMILES string of the molecule is CC/C=C\C/C=C\C/C=C\C/C=C\C/C=C\C/C=C\C/C=C\C/C=C\C/C=C\CCCCCC(=O)OC(COC(=O)CCCCCCCCCCCCCCCCCCCCCCCC/C=C\C/C=C\C/C=C\C/C=C\C/C=C\C/C=C\CC)COC(OCC[N+](C)(C)C)C(=O)[O-]. The molecule has 0 N–H and O–H groups in total. The smallest absolute Gasteiger partial charge is 0.306 e. The number of ether oxygens (including phenoxy) is 4. The van der Waals surface area contributed by atoms with Crippen LogP contribution >= 0.6 is 0 Å². The number of likely N-dealkylation sites (N-methyl/N-ethyl adjacent to an activating group) is 1. The van der Waals surface area contributed by atoms with E-state index < -0.39 is 24.3 Å². The normalized spacial score (nSPS) is 13.7. The number of nitrogens with zero attached hydrogens (tertiary/aromatic N) is 1. The van der Waals surface area contributed by atoms with E-state index in [9.17, 15) is 19.5 Å². The molecule has 0 heterocycles. The van der Waals surface area contributed by atoms with Crippen LogP contribution in [0.2, 0.25) is 0 Å². The predicted molar refractivity (Wildman–Crippen MR) is 416 cm³/mol. The molecule has 548 valence electrons. The lowest BCUT2D eigenvalue weighted by Gasteiger charge is -2.26. The minimum atomic E-state index is -1.64. The maximum Gasteiger partial charge on any atom is 0.306 e. The van der Waals surface area contributed by atoms with Crippen molar-refractivity contribution < 1.29 is 42.9 Å². The van der Waals surface area contributed by atoms with Gasteiger partial charge in [-0.1, -0.05) is 331 Å². The number of carbonyl (C=O) groups excluding carboxylic acids is 3. The van der Waals surface area contributed by atoms with E-state index in [4.69, 9.17) is 18.9 Å². The number of hydrogen-bond donors (Lipinski definition) is 0. The minimum Gasteiger partial charge on any atom is -0.545 e. The quantitative estimate of drug-likeness (QED) is 0.0195. The van der Waals surface area contributed by atoms with Crippen LogP contribution in [0.15, 0.2) is 182 Å². The number of rotatable bonds is 70. The lowest BCUT2D eigenvalue weighted by Crippen LogP contribution is -2.44. The van der Waals surface area contributed by atoms with E-state index in [1.807, 2.05) is 21.1 Å². The molecule has 0 aliphatic rings. The molecule has 0 aromatic carbocycles. The van der Waals surface area contributed by atoms with E-state index in [2.05, 4.69) is 196 Å². The fourth-order valence-electron chi connectivity index (χ4n) is 10.3. The van der Waals surface area contributed by atoms with Gasteiger partial charge >= 0.3 is 11.9 Å². The highest BCUT2D eigenvalue weighted by Crippen LogP contribution is 2.17. The molecule has 0 amide bonds. The molecule has 0 aromatic heterocycles. The van der Waals surface area contributed by atoms with Crippen LogP contribution in [0.3, 0.4) is 0 Å². The summed E-state index contributed by atoms with van der Waals surface area (Å²) in [6, 6.07) is 0. The Hall–Kier alpha value is -5.61. The minimum absolute atomic E-state index is 0.133. The topological polar surface area (TPSA) is 111 Å². The molecule has 0 bridgehead atoms. The van der Waals surface area contributed by atoms with E-state index in [0.717, 1.165) is 135 Å². The van der Waals surface area contributed by atoms with Crippen molar-refractivity contribution in [1.82, 2.24) is 0 Å². The number of hydrogen-bond acceptors (Lipinski definition) is 8. The van der Waals surface area contributed by atoms with Gasteiger partial charge in [0.1, 0.15) is 13.2 Å². The Labute approximate surface area is 596 Å². The van der Waals surface area contributed by atoms with Crippen molar-refractivity contribution in [2.24, 2.45) is 0 Å². The van der Waals surface area contributed by atoms with Crippen LogP contribution in [0, 0.1) is 0 Å². The fourth-order valence-corrected chi connectivity index (χ4v) is 10.3. The number of unbranched alkanes of at least 4 members (excludes halogenated alkanes) is 25. The van der Waals surface area contributed by atoms with Crippen LogP contribution in [-0.4, -0.2) is 82.3 Å². The number of carboxylic acid groups (broad SMARTS) is 1. The lowest BCUT2D eigenvalue weighted by molar-refractivity contribution is -0.870. The first-order chi connectivity index (χ1) is 47.6. The van der Waals surface area contributed by atoms with Crippen LogP contribution in [0.1, 0.15) is 296 Å². The van der Waals surface area contributed by atoms with Crippen molar-refractivity contribution in [3.05, 3.63) is 182 Å². The molecular weight excluding hydrogens is 1200 g/mol. The number of esters is 2. The third kappa shape index (κ3) is 77.6. The molecule has 2 unspecified atom stereocenters. The average molecular weight is 1340 g/mol. The summed E-state index contributed by atoms with van der Waals surface area (Å²) in [5, 5.41) is 11.9. The molecular formula is C88H143NO8. The van der Waals surface area contributed by atoms with Gasteiger partial charge in [0.25, 0.3) is 0 Å². The molecule has 0 radical (unpaired) electrons. The Balaban J connectivity index is 4.10. The van der Waals surface area contributed by atoms with Gasteiger partial charge in [0, 0.05) is 12.8 Å². The van der Waals surface area contributed by atoms with E-state index in [1.165, 1.54) is 128 Å². The molecule has 2 atom stereocenters. The third-order valence-electron chi connectivity index (χ3n) is 16.1. The van der Waals surface area contributed by atoms with Gasteiger partial charge in [-0.3, -0.25) is 9.59 Å². The number of aliphatic carboxylic acids is 1. The summed E-state index contributed by atoms with van der Waals surface area (Å²) in [5.41, 5.74) is 0. The molecule has 0 spiro atoms.